The molecular weight excluding hydrogens is 204 g/mol. The maximum absolute atomic E-state index is 8.95. The maximum atomic E-state index is 8.95. The van der Waals surface area contributed by atoms with Crippen LogP contribution in [0.25, 0.3) is 11.0 Å². The highest BCUT2D eigenvalue weighted by Crippen LogP contribution is 2.23. The second-order valence-corrected chi connectivity index (χ2v) is 3.95. The minimum absolute atomic E-state index is 0.116. The Morgan fingerprint density at radius 1 is 1.38 bits per heavy atom. The van der Waals surface area contributed by atoms with E-state index in [4.69, 9.17) is 5.11 Å². The summed E-state index contributed by atoms with van der Waals surface area (Å²) in [5, 5.41) is 9.95. The number of aliphatic hydroxyl groups is 1. The van der Waals surface area contributed by atoms with Gasteiger partial charge < -0.3 is 15.0 Å². The number of nitrogens with zero attached hydrogens (tertiary/aromatic N) is 3. The average molecular weight is 220 g/mol. The lowest BCUT2D eigenvalue weighted by atomic mass is 10.3. The molecule has 86 valence electrons. The lowest BCUT2D eigenvalue weighted by molar-refractivity contribution is 0.304. The Morgan fingerprint density at radius 2 is 2.12 bits per heavy atom. The molecule has 0 amide bonds. The van der Waals surface area contributed by atoms with Crippen molar-refractivity contribution in [2.45, 2.75) is 13.8 Å². The fourth-order valence-corrected chi connectivity index (χ4v) is 1.78. The average Bonchev–Trinajstić information content (AvgIpc) is 2.57. The van der Waals surface area contributed by atoms with E-state index in [1.165, 1.54) is 0 Å². The van der Waals surface area contributed by atoms with Gasteiger partial charge in [0.25, 0.3) is 0 Å². The van der Waals surface area contributed by atoms with E-state index >= 15 is 0 Å². The monoisotopic (exact) mass is 220 g/mol. The van der Waals surface area contributed by atoms with Crippen LogP contribution >= 0.6 is 0 Å². The number of rotatable bonds is 3. The zero-order valence-corrected chi connectivity index (χ0v) is 9.78. The van der Waals surface area contributed by atoms with Gasteiger partial charge in [0, 0.05) is 19.3 Å². The van der Waals surface area contributed by atoms with Crippen molar-refractivity contribution in [1.29, 1.82) is 0 Å². The summed E-state index contributed by atoms with van der Waals surface area (Å²) in [7, 11) is 1.92. The van der Waals surface area contributed by atoms with Gasteiger partial charge in [-0.3, -0.25) is 0 Å². The normalized spacial score (nSPS) is 11.0. The van der Waals surface area contributed by atoms with Crippen molar-refractivity contribution >= 4 is 16.9 Å². The van der Waals surface area contributed by atoms with Gasteiger partial charge in [-0.25, -0.2) is 9.97 Å². The first-order valence-electron chi connectivity index (χ1n) is 5.28. The summed E-state index contributed by atoms with van der Waals surface area (Å²) in [5.74, 6) is 1.59. The number of H-pyrrole nitrogens is 1. The van der Waals surface area contributed by atoms with Crippen molar-refractivity contribution < 1.29 is 5.11 Å². The molecule has 0 aromatic carbocycles. The van der Waals surface area contributed by atoms with Gasteiger partial charge in [0.15, 0.2) is 0 Å². The molecule has 0 saturated carbocycles. The summed E-state index contributed by atoms with van der Waals surface area (Å²) in [4.78, 5) is 13.9. The number of likely N-dealkylation sites (N-methyl/N-ethyl adjacent to an activating group) is 1. The molecule has 0 atom stereocenters. The number of aliphatic hydroxyl groups excluding tert-OH is 1. The molecule has 2 rings (SSSR count). The number of hydrogen-bond donors (Lipinski definition) is 2. The third-order valence-electron chi connectivity index (χ3n) is 2.51. The Labute approximate surface area is 94.1 Å². The van der Waals surface area contributed by atoms with E-state index in [0.29, 0.717) is 6.54 Å². The number of aromatic amines is 1. The molecule has 0 spiro atoms. The van der Waals surface area contributed by atoms with Crippen LogP contribution in [-0.4, -0.2) is 40.3 Å². The molecule has 0 aliphatic carbocycles. The molecule has 2 N–H and O–H groups in total. The van der Waals surface area contributed by atoms with Crippen molar-refractivity contribution in [3.63, 3.8) is 0 Å². The lowest BCUT2D eigenvalue weighted by Gasteiger charge is -2.17. The smallest absolute Gasteiger partial charge is 0.143 e. The highest BCUT2D eigenvalue weighted by atomic mass is 16.3. The van der Waals surface area contributed by atoms with E-state index in [-0.39, 0.29) is 6.61 Å². The SMILES string of the molecule is Cc1nc(N(C)CCO)c2cc(C)[nH]c2n1. The zero-order chi connectivity index (χ0) is 11.7. The third-order valence-corrected chi connectivity index (χ3v) is 2.51. The zero-order valence-electron chi connectivity index (χ0n) is 9.78. The topological polar surface area (TPSA) is 65.0 Å². The van der Waals surface area contributed by atoms with E-state index in [0.717, 1.165) is 28.4 Å². The van der Waals surface area contributed by atoms with Crippen LogP contribution < -0.4 is 4.90 Å². The third kappa shape index (κ3) is 1.86. The predicted octanol–water partition coefficient (Wildman–Crippen LogP) is 1.00. The Balaban J connectivity index is 2.57. The molecule has 5 nitrogen and oxygen atoms in total. The van der Waals surface area contributed by atoms with Crippen LogP contribution in [0.1, 0.15) is 11.5 Å². The van der Waals surface area contributed by atoms with E-state index in [9.17, 15) is 0 Å². The first-order valence-corrected chi connectivity index (χ1v) is 5.28. The van der Waals surface area contributed by atoms with E-state index in [1.807, 2.05) is 31.9 Å². The van der Waals surface area contributed by atoms with E-state index in [1.54, 1.807) is 0 Å². The van der Waals surface area contributed by atoms with Crippen LogP contribution in [0.2, 0.25) is 0 Å². The van der Waals surface area contributed by atoms with Crippen LogP contribution in [-0.2, 0) is 0 Å². The minimum atomic E-state index is 0.116. The quantitative estimate of drug-likeness (QED) is 0.810. The molecule has 2 aromatic heterocycles. The number of nitrogens with one attached hydrogen (secondary N) is 1. The Hall–Kier alpha value is -1.62. The van der Waals surface area contributed by atoms with Gasteiger partial charge in [-0.2, -0.15) is 0 Å². The molecule has 0 aliphatic heterocycles. The second-order valence-electron chi connectivity index (χ2n) is 3.95. The molecule has 2 heterocycles. The molecule has 5 heteroatoms. The molecule has 0 bridgehead atoms. The molecule has 0 fully saturated rings. The van der Waals surface area contributed by atoms with Crippen molar-refractivity contribution in [3.8, 4) is 0 Å². The highest BCUT2D eigenvalue weighted by molar-refractivity contribution is 5.88. The van der Waals surface area contributed by atoms with Crippen molar-refractivity contribution in [3.05, 3.63) is 17.6 Å². The van der Waals surface area contributed by atoms with Crippen LogP contribution in [0.15, 0.2) is 6.07 Å². The molecule has 16 heavy (non-hydrogen) atoms. The number of fused-ring (bicyclic) bond motifs is 1. The van der Waals surface area contributed by atoms with E-state index < -0.39 is 0 Å². The molecule has 0 aliphatic rings. The molecule has 0 saturated heterocycles. The van der Waals surface area contributed by atoms with Gasteiger partial charge in [0.05, 0.1) is 12.0 Å². The fraction of sp³-hybridized carbons (Fsp3) is 0.455. The van der Waals surface area contributed by atoms with Crippen LogP contribution in [0.4, 0.5) is 5.82 Å². The summed E-state index contributed by atoms with van der Waals surface area (Å²) in [6.07, 6.45) is 0. The van der Waals surface area contributed by atoms with Crippen molar-refractivity contribution in [1.82, 2.24) is 15.0 Å². The number of hydrogen-bond acceptors (Lipinski definition) is 4. The van der Waals surface area contributed by atoms with Crippen LogP contribution in [0.5, 0.6) is 0 Å². The lowest BCUT2D eigenvalue weighted by Crippen LogP contribution is -2.22. The number of anilines is 1. The molecule has 0 unspecified atom stereocenters. The maximum Gasteiger partial charge on any atom is 0.143 e. The second kappa shape index (κ2) is 4.09. The molecular formula is C11H16N4O. The number of aryl methyl sites for hydroxylation is 2. The summed E-state index contributed by atoms with van der Waals surface area (Å²) in [6.45, 7) is 4.54. The van der Waals surface area contributed by atoms with Gasteiger partial charge in [0.2, 0.25) is 0 Å². The van der Waals surface area contributed by atoms with Gasteiger partial charge in [-0.05, 0) is 19.9 Å². The summed E-state index contributed by atoms with van der Waals surface area (Å²) in [5.41, 5.74) is 1.92. The summed E-state index contributed by atoms with van der Waals surface area (Å²) >= 11 is 0. The highest BCUT2D eigenvalue weighted by Gasteiger charge is 2.11. The Kier molecular flexibility index (Phi) is 2.78. The predicted molar refractivity (Wildman–Crippen MR) is 63.7 cm³/mol. The molecule has 0 radical (unpaired) electrons. The van der Waals surface area contributed by atoms with Crippen molar-refractivity contribution in [2.24, 2.45) is 0 Å². The number of aromatic nitrogens is 3. The van der Waals surface area contributed by atoms with Gasteiger partial charge in [0.1, 0.15) is 17.3 Å². The Morgan fingerprint density at radius 3 is 2.81 bits per heavy atom. The minimum Gasteiger partial charge on any atom is -0.395 e. The summed E-state index contributed by atoms with van der Waals surface area (Å²) in [6, 6.07) is 2.03. The Bertz CT molecular complexity index is 506. The first-order chi connectivity index (χ1) is 7.61. The van der Waals surface area contributed by atoms with E-state index in [2.05, 4.69) is 15.0 Å². The van der Waals surface area contributed by atoms with Crippen LogP contribution in [0.3, 0.4) is 0 Å². The first kappa shape index (κ1) is 10.9. The van der Waals surface area contributed by atoms with Crippen molar-refractivity contribution in [2.75, 3.05) is 25.1 Å². The van der Waals surface area contributed by atoms with Crippen LogP contribution in [0, 0.1) is 13.8 Å². The van der Waals surface area contributed by atoms with Gasteiger partial charge in [-0.15, -0.1) is 0 Å². The summed E-state index contributed by atoms with van der Waals surface area (Å²) < 4.78 is 0. The molecule has 2 aromatic rings. The largest absolute Gasteiger partial charge is 0.395 e. The van der Waals surface area contributed by atoms with Gasteiger partial charge >= 0.3 is 0 Å². The standard InChI is InChI=1S/C11H16N4O/c1-7-6-9-10(12-7)13-8(2)14-11(9)15(3)4-5-16/h6,16H,4-5H2,1-3H3,(H,12,13,14). The fourth-order valence-electron chi connectivity index (χ4n) is 1.78. The van der Waals surface area contributed by atoms with Gasteiger partial charge in [-0.1, -0.05) is 0 Å².